The van der Waals surface area contributed by atoms with E-state index in [1.165, 1.54) is 0 Å². The van der Waals surface area contributed by atoms with E-state index in [9.17, 15) is 4.79 Å². The number of benzene rings is 1. The minimum Gasteiger partial charge on any atom is -0.479 e. The number of carboxylic acid groups (broad SMARTS) is 1. The first kappa shape index (κ1) is 13.2. The molecule has 0 aliphatic rings. The number of carbonyl (C=O) groups is 1. The lowest BCUT2D eigenvalue weighted by Crippen LogP contribution is -2.16. The molecule has 0 spiro atoms. The Bertz CT molecular complexity index is 336. The maximum absolute atomic E-state index is 11.0. The van der Waals surface area contributed by atoms with Gasteiger partial charge in [-0.15, -0.1) is 0 Å². The molecule has 1 aromatic rings. The van der Waals surface area contributed by atoms with Crippen molar-refractivity contribution >= 4 is 21.9 Å². The Morgan fingerprint density at radius 3 is 2.50 bits per heavy atom. The van der Waals surface area contributed by atoms with E-state index >= 15 is 0 Å². The smallest absolute Gasteiger partial charge is 0.337 e. The first-order chi connectivity index (χ1) is 7.65. The molecule has 0 aromatic heterocycles. The van der Waals surface area contributed by atoms with Gasteiger partial charge in [-0.25, -0.2) is 4.79 Å². The highest BCUT2D eigenvalue weighted by Crippen LogP contribution is 2.20. The van der Waals surface area contributed by atoms with E-state index < -0.39 is 12.1 Å². The molecule has 0 aliphatic heterocycles. The van der Waals surface area contributed by atoms with Gasteiger partial charge >= 0.3 is 5.97 Å². The van der Waals surface area contributed by atoms with Crippen LogP contribution in [-0.2, 0) is 9.53 Å². The molecule has 1 unspecified atom stereocenters. The summed E-state index contributed by atoms with van der Waals surface area (Å²) in [5, 5.41) is 17.6. The predicted molar refractivity (Wildman–Crippen MR) is 62.2 cm³/mol. The SMILES string of the molecule is O=C(O)C(OCCCO)c1ccc(Br)cc1. The van der Waals surface area contributed by atoms with Crippen molar-refractivity contribution in [3.05, 3.63) is 34.3 Å². The maximum Gasteiger partial charge on any atom is 0.337 e. The number of hydrogen-bond acceptors (Lipinski definition) is 3. The van der Waals surface area contributed by atoms with Crippen LogP contribution < -0.4 is 0 Å². The van der Waals surface area contributed by atoms with Crippen LogP contribution in [0.15, 0.2) is 28.7 Å². The lowest BCUT2D eigenvalue weighted by molar-refractivity contribution is -0.151. The lowest BCUT2D eigenvalue weighted by Gasteiger charge is -2.13. The van der Waals surface area contributed by atoms with Gasteiger partial charge in [0.05, 0.1) is 6.61 Å². The second kappa shape index (κ2) is 6.62. The van der Waals surface area contributed by atoms with Gasteiger partial charge in [0.1, 0.15) is 0 Å². The van der Waals surface area contributed by atoms with E-state index in [0.29, 0.717) is 12.0 Å². The number of aliphatic hydroxyl groups excluding tert-OH is 1. The monoisotopic (exact) mass is 288 g/mol. The Morgan fingerprint density at radius 2 is 2.00 bits per heavy atom. The first-order valence-corrected chi connectivity index (χ1v) is 5.65. The number of halogens is 1. The molecule has 0 bridgehead atoms. The van der Waals surface area contributed by atoms with E-state index in [0.717, 1.165) is 4.47 Å². The van der Waals surface area contributed by atoms with Crippen LogP contribution in [0.4, 0.5) is 0 Å². The van der Waals surface area contributed by atoms with Crippen LogP contribution in [0, 0.1) is 0 Å². The van der Waals surface area contributed by atoms with Gasteiger partial charge in [0, 0.05) is 11.1 Å². The molecule has 1 atom stereocenters. The third kappa shape index (κ3) is 3.92. The molecule has 0 heterocycles. The van der Waals surface area contributed by atoms with Gasteiger partial charge in [-0.05, 0) is 24.1 Å². The molecule has 0 amide bonds. The Hall–Kier alpha value is -0.910. The molecule has 1 rings (SSSR count). The van der Waals surface area contributed by atoms with E-state index in [1.54, 1.807) is 24.3 Å². The third-order valence-electron chi connectivity index (χ3n) is 1.98. The van der Waals surface area contributed by atoms with Crippen LogP contribution in [0.5, 0.6) is 0 Å². The van der Waals surface area contributed by atoms with Gasteiger partial charge in [0.2, 0.25) is 0 Å². The average molecular weight is 289 g/mol. The van der Waals surface area contributed by atoms with Gasteiger partial charge in [0.15, 0.2) is 6.10 Å². The number of carboxylic acids is 1. The first-order valence-electron chi connectivity index (χ1n) is 4.86. The summed E-state index contributed by atoms with van der Waals surface area (Å²) in [6.45, 7) is 0.218. The van der Waals surface area contributed by atoms with Gasteiger partial charge in [0.25, 0.3) is 0 Å². The highest BCUT2D eigenvalue weighted by Gasteiger charge is 2.19. The molecule has 0 saturated heterocycles. The molecule has 4 nitrogen and oxygen atoms in total. The second-order valence-corrected chi connectivity index (χ2v) is 4.13. The Labute approximate surface area is 102 Å². The zero-order valence-corrected chi connectivity index (χ0v) is 10.2. The topological polar surface area (TPSA) is 66.8 Å². The number of ether oxygens (including phenoxy) is 1. The third-order valence-corrected chi connectivity index (χ3v) is 2.51. The Morgan fingerprint density at radius 1 is 1.38 bits per heavy atom. The van der Waals surface area contributed by atoms with E-state index in [2.05, 4.69) is 15.9 Å². The van der Waals surface area contributed by atoms with E-state index in [1.807, 2.05) is 0 Å². The minimum atomic E-state index is -1.03. The van der Waals surface area contributed by atoms with Crippen LogP contribution >= 0.6 is 15.9 Å². The van der Waals surface area contributed by atoms with Crippen LogP contribution in [0.1, 0.15) is 18.1 Å². The standard InChI is InChI=1S/C11H13BrO4/c12-9-4-2-8(3-5-9)10(11(14)15)16-7-1-6-13/h2-5,10,13H,1,6-7H2,(H,14,15). The fourth-order valence-corrected chi connectivity index (χ4v) is 1.48. The van der Waals surface area contributed by atoms with E-state index in [4.69, 9.17) is 14.9 Å². The second-order valence-electron chi connectivity index (χ2n) is 3.22. The van der Waals surface area contributed by atoms with Gasteiger partial charge in [-0.2, -0.15) is 0 Å². The van der Waals surface area contributed by atoms with Gasteiger partial charge < -0.3 is 14.9 Å². The Balaban J connectivity index is 2.69. The summed E-state index contributed by atoms with van der Waals surface area (Å²) in [5.41, 5.74) is 0.591. The molecule has 16 heavy (non-hydrogen) atoms. The van der Waals surface area contributed by atoms with Crippen molar-refractivity contribution in [1.82, 2.24) is 0 Å². The largest absolute Gasteiger partial charge is 0.479 e. The van der Waals surface area contributed by atoms with Crippen molar-refractivity contribution in [2.45, 2.75) is 12.5 Å². The number of hydrogen-bond donors (Lipinski definition) is 2. The molecular formula is C11H13BrO4. The summed E-state index contributed by atoms with van der Waals surface area (Å²) in [6, 6.07) is 6.92. The molecule has 0 fully saturated rings. The number of aliphatic carboxylic acids is 1. The summed E-state index contributed by atoms with van der Waals surface area (Å²) >= 11 is 3.27. The van der Waals surface area contributed by atoms with Crippen molar-refractivity contribution in [3.63, 3.8) is 0 Å². The summed E-state index contributed by atoms with van der Waals surface area (Å²) in [4.78, 5) is 11.0. The van der Waals surface area contributed by atoms with E-state index in [-0.39, 0.29) is 13.2 Å². The van der Waals surface area contributed by atoms with Crippen LogP contribution in [0.3, 0.4) is 0 Å². The van der Waals surface area contributed by atoms with Crippen LogP contribution in [0.25, 0.3) is 0 Å². The zero-order valence-electron chi connectivity index (χ0n) is 8.60. The molecule has 5 heteroatoms. The molecule has 0 aliphatic carbocycles. The van der Waals surface area contributed by atoms with Crippen LogP contribution in [-0.4, -0.2) is 29.4 Å². The number of aliphatic hydroxyl groups is 1. The van der Waals surface area contributed by atoms with Crippen molar-refractivity contribution in [1.29, 1.82) is 0 Å². The normalized spacial score (nSPS) is 12.4. The lowest BCUT2D eigenvalue weighted by atomic mass is 10.1. The number of rotatable bonds is 6. The van der Waals surface area contributed by atoms with Gasteiger partial charge in [-0.3, -0.25) is 0 Å². The molecule has 2 N–H and O–H groups in total. The summed E-state index contributed by atoms with van der Waals surface area (Å²) in [7, 11) is 0. The molecule has 0 saturated carbocycles. The van der Waals surface area contributed by atoms with Crippen LogP contribution in [0.2, 0.25) is 0 Å². The van der Waals surface area contributed by atoms with Crippen molar-refractivity contribution in [2.75, 3.05) is 13.2 Å². The summed E-state index contributed by atoms with van der Waals surface area (Å²) in [5.74, 6) is -1.03. The highest BCUT2D eigenvalue weighted by molar-refractivity contribution is 9.10. The molecule has 88 valence electrons. The summed E-state index contributed by atoms with van der Waals surface area (Å²) < 4.78 is 6.08. The molecule has 1 aromatic carbocycles. The van der Waals surface area contributed by atoms with Gasteiger partial charge in [-0.1, -0.05) is 28.1 Å². The highest BCUT2D eigenvalue weighted by atomic mass is 79.9. The minimum absolute atomic E-state index is 0.00727. The van der Waals surface area contributed by atoms with Crippen molar-refractivity contribution < 1.29 is 19.7 Å². The van der Waals surface area contributed by atoms with Crippen molar-refractivity contribution in [2.24, 2.45) is 0 Å². The molecular weight excluding hydrogens is 276 g/mol. The quantitative estimate of drug-likeness (QED) is 0.786. The predicted octanol–water partition coefficient (Wildman–Crippen LogP) is 1.97. The van der Waals surface area contributed by atoms with Crippen molar-refractivity contribution in [3.8, 4) is 0 Å². The zero-order chi connectivity index (χ0) is 12.0. The molecule has 0 radical (unpaired) electrons. The Kier molecular flexibility index (Phi) is 5.45. The average Bonchev–Trinajstić information content (AvgIpc) is 2.26. The fourth-order valence-electron chi connectivity index (χ4n) is 1.21. The fraction of sp³-hybridized carbons (Fsp3) is 0.364. The maximum atomic E-state index is 11.0. The summed E-state index contributed by atoms with van der Waals surface area (Å²) in [6.07, 6.45) is -0.542.